The first-order valence-corrected chi connectivity index (χ1v) is 7.49. The van der Waals surface area contributed by atoms with Gasteiger partial charge >= 0.3 is 0 Å². The zero-order valence-electron chi connectivity index (χ0n) is 11.8. The van der Waals surface area contributed by atoms with Crippen molar-refractivity contribution in [3.8, 4) is 5.75 Å². The zero-order valence-corrected chi connectivity index (χ0v) is 13.4. The van der Waals surface area contributed by atoms with E-state index in [1.54, 1.807) is 17.0 Å². The largest absolute Gasteiger partial charge is 0.496 e. The van der Waals surface area contributed by atoms with E-state index in [-0.39, 0.29) is 17.7 Å². The monoisotopic (exact) mass is 355 g/mol. The maximum absolute atomic E-state index is 12.7. The number of benzene rings is 1. The van der Waals surface area contributed by atoms with Crippen LogP contribution in [0.4, 0.5) is 0 Å². The summed E-state index contributed by atoms with van der Waals surface area (Å²) in [5.41, 5.74) is 2.64. The van der Waals surface area contributed by atoms with E-state index in [1.807, 2.05) is 6.07 Å². The van der Waals surface area contributed by atoms with Crippen LogP contribution in [0, 0.1) is 5.92 Å². The van der Waals surface area contributed by atoms with Gasteiger partial charge in [0.05, 0.1) is 18.6 Å². The molecule has 2 rings (SSSR count). The second kappa shape index (κ2) is 6.91. The second-order valence-corrected chi connectivity index (χ2v) is 5.86. The van der Waals surface area contributed by atoms with Gasteiger partial charge in [-0.25, -0.2) is 5.84 Å². The lowest BCUT2D eigenvalue weighted by molar-refractivity contribution is -0.126. The summed E-state index contributed by atoms with van der Waals surface area (Å²) in [7, 11) is 1.53. The smallest absolute Gasteiger partial charge is 0.257 e. The van der Waals surface area contributed by atoms with Crippen LogP contribution in [0.5, 0.6) is 5.75 Å². The molecule has 21 heavy (non-hydrogen) atoms. The fourth-order valence-electron chi connectivity index (χ4n) is 2.51. The van der Waals surface area contributed by atoms with Crippen LogP contribution in [0.15, 0.2) is 22.7 Å². The summed E-state index contributed by atoms with van der Waals surface area (Å²) < 4.78 is 6.05. The first kappa shape index (κ1) is 15.8. The van der Waals surface area contributed by atoms with Gasteiger partial charge in [0, 0.05) is 17.6 Å². The fraction of sp³-hybridized carbons (Fsp3) is 0.429. The molecule has 114 valence electrons. The molecule has 1 saturated heterocycles. The molecule has 6 nitrogen and oxygen atoms in total. The number of carbonyl (C=O) groups is 2. The van der Waals surface area contributed by atoms with Crippen molar-refractivity contribution in [2.75, 3.05) is 20.2 Å². The number of hydrazine groups is 1. The molecule has 3 N–H and O–H groups in total. The Kier molecular flexibility index (Phi) is 5.19. The number of hydrogen-bond acceptors (Lipinski definition) is 4. The average molecular weight is 356 g/mol. The highest BCUT2D eigenvalue weighted by Gasteiger charge is 2.29. The molecular formula is C14H18BrN3O3. The minimum atomic E-state index is -0.258. The Morgan fingerprint density at radius 1 is 1.48 bits per heavy atom. The number of halogens is 1. The molecule has 1 fully saturated rings. The highest BCUT2D eigenvalue weighted by atomic mass is 79.9. The molecule has 1 unspecified atom stereocenters. The molecule has 1 aromatic rings. The van der Waals surface area contributed by atoms with E-state index in [2.05, 4.69) is 21.4 Å². The van der Waals surface area contributed by atoms with Gasteiger partial charge in [0.1, 0.15) is 5.75 Å². The number of hydrogen-bond donors (Lipinski definition) is 2. The van der Waals surface area contributed by atoms with Crippen LogP contribution in [-0.4, -0.2) is 36.9 Å². The summed E-state index contributed by atoms with van der Waals surface area (Å²) in [6.07, 6.45) is 1.52. The first-order valence-electron chi connectivity index (χ1n) is 6.70. The van der Waals surface area contributed by atoms with Gasteiger partial charge in [-0.15, -0.1) is 0 Å². The summed E-state index contributed by atoms with van der Waals surface area (Å²) in [5.74, 6) is 5.07. The van der Waals surface area contributed by atoms with Gasteiger partial charge in [0.25, 0.3) is 5.91 Å². The quantitative estimate of drug-likeness (QED) is 0.486. The number of nitrogens with zero attached hydrogens (tertiary/aromatic N) is 1. The predicted octanol–water partition coefficient (Wildman–Crippen LogP) is 1.30. The fourth-order valence-corrected chi connectivity index (χ4v) is 2.87. The Bertz CT molecular complexity index is 550. The van der Waals surface area contributed by atoms with E-state index in [0.717, 1.165) is 17.3 Å². The van der Waals surface area contributed by atoms with Gasteiger partial charge in [-0.05, 0) is 31.0 Å². The number of likely N-dealkylation sites (tertiary alicyclic amines) is 1. The van der Waals surface area contributed by atoms with E-state index in [1.165, 1.54) is 7.11 Å². The average Bonchev–Trinajstić information content (AvgIpc) is 2.53. The molecule has 2 amide bonds. The van der Waals surface area contributed by atoms with Crippen LogP contribution in [0.2, 0.25) is 0 Å². The summed E-state index contributed by atoms with van der Waals surface area (Å²) in [6, 6.07) is 5.29. The normalized spacial score (nSPS) is 18.2. The van der Waals surface area contributed by atoms with Crippen LogP contribution in [0.1, 0.15) is 23.2 Å². The summed E-state index contributed by atoms with van der Waals surface area (Å²) >= 11 is 3.36. The molecule has 1 aliphatic rings. The molecule has 1 heterocycles. The molecule has 0 aromatic heterocycles. The Morgan fingerprint density at radius 2 is 2.24 bits per heavy atom. The number of ether oxygens (including phenoxy) is 1. The van der Waals surface area contributed by atoms with Crippen LogP contribution in [-0.2, 0) is 4.79 Å². The van der Waals surface area contributed by atoms with E-state index < -0.39 is 0 Å². The molecular weight excluding hydrogens is 338 g/mol. The van der Waals surface area contributed by atoms with Gasteiger partial charge in [-0.3, -0.25) is 15.0 Å². The van der Waals surface area contributed by atoms with Crippen molar-refractivity contribution in [2.45, 2.75) is 12.8 Å². The maximum atomic E-state index is 12.7. The molecule has 1 aromatic carbocycles. The van der Waals surface area contributed by atoms with Crippen LogP contribution >= 0.6 is 15.9 Å². The minimum absolute atomic E-state index is 0.136. The second-order valence-electron chi connectivity index (χ2n) is 4.94. The molecule has 1 atom stereocenters. The highest BCUT2D eigenvalue weighted by Crippen LogP contribution is 2.26. The number of nitrogens with two attached hydrogens (primary N) is 1. The Balaban J connectivity index is 2.19. The van der Waals surface area contributed by atoms with Crippen molar-refractivity contribution in [3.63, 3.8) is 0 Å². The number of rotatable bonds is 3. The number of methoxy groups -OCH3 is 1. The third kappa shape index (κ3) is 3.54. The molecule has 0 spiro atoms. The summed E-state index contributed by atoms with van der Waals surface area (Å²) in [6.45, 7) is 1.00. The number of carbonyl (C=O) groups excluding carboxylic acids is 2. The molecule has 0 aliphatic carbocycles. The van der Waals surface area contributed by atoms with E-state index >= 15 is 0 Å². The van der Waals surface area contributed by atoms with Gasteiger partial charge in [0.2, 0.25) is 5.91 Å². The molecule has 1 aliphatic heterocycles. The first-order chi connectivity index (χ1) is 10.1. The van der Waals surface area contributed by atoms with E-state index in [4.69, 9.17) is 10.6 Å². The highest BCUT2D eigenvalue weighted by molar-refractivity contribution is 9.10. The lowest BCUT2D eigenvalue weighted by Gasteiger charge is -2.32. The number of piperidine rings is 1. The third-order valence-corrected chi connectivity index (χ3v) is 4.11. The van der Waals surface area contributed by atoms with Gasteiger partial charge < -0.3 is 9.64 Å². The standard InChI is InChI=1S/C14H18BrN3O3/c1-21-12-5-4-10(15)7-11(12)14(20)18-6-2-3-9(8-18)13(19)17-16/h4-5,7,9H,2-3,6,8,16H2,1H3,(H,17,19). The van der Waals surface area contributed by atoms with Crippen LogP contribution in [0.3, 0.4) is 0 Å². The van der Waals surface area contributed by atoms with Crippen molar-refractivity contribution in [2.24, 2.45) is 11.8 Å². The van der Waals surface area contributed by atoms with Crippen LogP contribution < -0.4 is 16.0 Å². The number of nitrogens with one attached hydrogen (secondary N) is 1. The van der Waals surface area contributed by atoms with Crippen molar-refractivity contribution in [1.82, 2.24) is 10.3 Å². The van der Waals surface area contributed by atoms with Gasteiger partial charge in [-0.1, -0.05) is 15.9 Å². The SMILES string of the molecule is COc1ccc(Br)cc1C(=O)N1CCCC(C(=O)NN)C1. The Hall–Kier alpha value is -1.60. The van der Waals surface area contributed by atoms with E-state index in [0.29, 0.717) is 24.4 Å². The lowest BCUT2D eigenvalue weighted by atomic mass is 9.96. The maximum Gasteiger partial charge on any atom is 0.257 e. The van der Waals surface area contributed by atoms with Crippen molar-refractivity contribution in [1.29, 1.82) is 0 Å². The van der Waals surface area contributed by atoms with E-state index in [9.17, 15) is 9.59 Å². The topological polar surface area (TPSA) is 84.7 Å². The van der Waals surface area contributed by atoms with Crippen molar-refractivity contribution < 1.29 is 14.3 Å². The van der Waals surface area contributed by atoms with Crippen molar-refractivity contribution >= 4 is 27.7 Å². The summed E-state index contributed by atoms with van der Waals surface area (Å²) in [4.78, 5) is 26.0. The molecule has 0 saturated carbocycles. The molecule has 7 heteroatoms. The lowest BCUT2D eigenvalue weighted by Crippen LogP contribution is -2.47. The zero-order chi connectivity index (χ0) is 15.4. The van der Waals surface area contributed by atoms with Crippen molar-refractivity contribution in [3.05, 3.63) is 28.2 Å². The Labute approximate surface area is 131 Å². The van der Waals surface area contributed by atoms with Gasteiger partial charge in [-0.2, -0.15) is 0 Å². The molecule has 0 radical (unpaired) electrons. The third-order valence-electron chi connectivity index (χ3n) is 3.61. The Morgan fingerprint density at radius 3 is 2.90 bits per heavy atom. The van der Waals surface area contributed by atoms with Crippen LogP contribution in [0.25, 0.3) is 0 Å². The molecule has 0 bridgehead atoms. The number of amides is 2. The predicted molar refractivity (Wildman–Crippen MR) is 81.7 cm³/mol. The summed E-state index contributed by atoms with van der Waals surface area (Å²) in [5, 5.41) is 0. The van der Waals surface area contributed by atoms with Gasteiger partial charge in [0.15, 0.2) is 0 Å². The minimum Gasteiger partial charge on any atom is -0.496 e.